The molecule has 0 amide bonds. The second kappa shape index (κ2) is 12.1. The SMILES string of the molecule is CC=CC1CC=C(c2ccc(-c3ccc(-c4ccc(OCCCCC)c(F)c4F)cc3)cc2F)CC1. The van der Waals surface area contributed by atoms with Crippen molar-refractivity contribution >= 4 is 5.57 Å². The topological polar surface area (TPSA) is 9.23 Å². The van der Waals surface area contributed by atoms with Crippen LogP contribution in [0.15, 0.2) is 72.8 Å². The highest BCUT2D eigenvalue weighted by Gasteiger charge is 2.18. The first-order valence-electron chi connectivity index (χ1n) is 12.8. The molecule has 0 saturated heterocycles. The number of benzene rings is 3. The van der Waals surface area contributed by atoms with Gasteiger partial charge < -0.3 is 4.74 Å². The van der Waals surface area contributed by atoms with Crippen molar-refractivity contribution < 1.29 is 17.9 Å². The van der Waals surface area contributed by atoms with Crippen molar-refractivity contribution in [3.05, 3.63) is 95.8 Å². The van der Waals surface area contributed by atoms with Gasteiger partial charge in [0.2, 0.25) is 5.82 Å². The summed E-state index contributed by atoms with van der Waals surface area (Å²) in [5.41, 5.74) is 3.99. The predicted molar refractivity (Wildman–Crippen MR) is 142 cm³/mol. The van der Waals surface area contributed by atoms with Crippen LogP contribution in [0.1, 0.15) is 57.9 Å². The molecule has 4 rings (SSSR count). The first kappa shape index (κ1) is 25.8. The highest BCUT2D eigenvalue weighted by atomic mass is 19.2. The molecule has 0 spiro atoms. The minimum Gasteiger partial charge on any atom is -0.490 e. The van der Waals surface area contributed by atoms with Gasteiger partial charge in [0.15, 0.2) is 11.6 Å². The predicted octanol–water partition coefficient (Wildman–Crippen LogP) is 9.77. The fourth-order valence-electron chi connectivity index (χ4n) is 4.74. The van der Waals surface area contributed by atoms with Crippen molar-refractivity contribution in [2.75, 3.05) is 6.61 Å². The monoisotopic (exact) mass is 490 g/mol. The van der Waals surface area contributed by atoms with E-state index in [9.17, 15) is 8.78 Å². The van der Waals surface area contributed by atoms with E-state index in [1.54, 1.807) is 30.3 Å². The highest BCUT2D eigenvalue weighted by molar-refractivity contribution is 5.74. The fourth-order valence-corrected chi connectivity index (χ4v) is 4.74. The third-order valence-corrected chi connectivity index (χ3v) is 6.81. The van der Waals surface area contributed by atoms with Gasteiger partial charge in [0.05, 0.1) is 6.61 Å². The molecule has 0 radical (unpaired) electrons. The highest BCUT2D eigenvalue weighted by Crippen LogP contribution is 2.35. The fraction of sp³-hybridized carbons (Fsp3) is 0.312. The molecule has 0 heterocycles. The van der Waals surface area contributed by atoms with Crippen LogP contribution in [0.5, 0.6) is 5.75 Å². The molecule has 1 nitrogen and oxygen atoms in total. The van der Waals surface area contributed by atoms with E-state index in [-0.39, 0.29) is 17.1 Å². The van der Waals surface area contributed by atoms with Gasteiger partial charge in [-0.25, -0.2) is 8.78 Å². The van der Waals surface area contributed by atoms with Crippen molar-refractivity contribution in [3.63, 3.8) is 0 Å². The number of unbranched alkanes of at least 4 members (excludes halogenated alkanes) is 2. The molecule has 1 aliphatic carbocycles. The summed E-state index contributed by atoms with van der Waals surface area (Å²) in [6.45, 7) is 4.46. The number of rotatable bonds is 9. The summed E-state index contributed by atoms with van der Waals surface area (Å²) in [7, 11) is 0. The minimum absolute atomic E-state index is 0.0648. The molecule has 0 N–H and O–H groups in total. The molecule has 0 bridgehead atoms. The summed E-state index contributed by atoms with van der Waals surface area (Å²) in [6.07, 6.45) is 12.1. The normalized spacial score (nSPS) is 15.8. The molecule has 1 aliphatic rings. The minimum atomic E-state index is -0.972. The third kappa shape index (κ3) is 5.92. The summed E-state index contributed by atoms with van der Waals surface area (Å²) in [5.74, 6) is -1.67. The van der Waals surface area contributed by atoms with Gasteiger partial charge in [0.25, 0.3) is 0 Å². The zero-order valence-corrected chi connectivity index (χ0v) is 21.0. The van der Waals surface area contributed by atoms with Crippen LogP contribution in [0.25, 0.3) is 27.8 Å². The summed E-state index contributed by atoms with van der Waals surface area (Å²) in [5, 5.41) is 0. The van der Waals surface area contributed by atoms with Crippen LogP contribution in [-0.2, 0) is 0 Å². The van der Waals surface area contributed by atoms with Crippen molar-refractivity contribution in [1.82, 2.24) is 0 Å². The van der Waals surface area contributed by atoms with Crippen LogP contribution in [0.2, 0.25) is 0 Å². The third-order valence-electron chi connectivity index (χ3n) is 6.81. The zero-order valence-electron chi connectivity index (χ0n) is 21.0. The quantitative estimate of drug-likeness (QED) is 0.214. The van der Waals surface area contributed by atoms with Crippen molar-refractivity contribution in [1.29, 1.82) is 0 Å². The van der Waals surface area contributed by atoms with Crippen LogP contribution < -0.4 is 4.74 Å². The molecule has 4 heteroatoms. The van der Waals surface area contributed by atoms with Gasteiger partial charge >= 0.3 is 0 Å². The van der Waals surface area contributed by atoms with E-state index in [1.165, 1.54) is 12.1 Å². The number of allylic oxidation sites excluding steroid dienone is 4. The number of ether oxygens (including phenoxy) is 1. The van der Waals surface area contributed by atoms with E-state index >= 15 is 4.39 Å². The molecular formula is C32H33F3O. The molecular weight excluding hydrogens is 457 g/mol. The van der Waals surface area contributed by atoms with Gasteiger partial charge in [-0.3, -0.25) is 0 Å². The summed E-state index contributed by atoms with van der Waals surface area (Å²) >= 11 is 0. The van der Waals surface area contributed by atoms with Crippen LogP contribution in [-0.4, -0.2) is 6.61 Å². The smallest absolute Gasteiger partial charge is 0.201 e. The van der Waals surface area contributed by atoms with E-state index in [0.717, 1.165) is 55.2 Å². The van der Waals surface area contributed by atoms with Crippen LogP contribution in [0, 0.1) is 23.4 Å². The second-order valence-corrected chi connectivity index (χ2v) is 9.36. The maximum absolute atomic E-state index is 15.0. The summed E-state index contributed by atoms with van der Waals surface area (Å²) < 4.78 is 49.8. The van der Waals surface area contributed by atoms with Gasteiger partial charge in [-0.2, -0.15) is 4.39 Å². The lowest BCUT2D eigenvalue weighted by Gasteiger charge is -2.20. The number of halogens is 3. The Hall–Kier alpha value is -3.27. The Balaban J connectivity index is 1.49. The molecule has 3 aromatic rings. The van der Waals surface area contributed by atoms with Crippen molar-refractivity contribution in [3.8, 4) is 28.0 Å². The number of hydrogen-bond donors (Lipinski definition) is 0. The summed E-state index contributed by atoms with van der Waals surface area (Å²) in [4.78, 5) is 0. The standard InChI is InChI=1S/C32H33F3O/c1-3-5-6-20-36-30-19-18-28(31(34)32(30)35)25-14-12-23(13-15-25)26-16-17-27(29(33)21-26)24-10-8-22(7-4-2)9-11-24/h4,7,10,12-19,21-22H,3,5-6,8-9,11,20H2,1-2H3. The average molecular weight is 491 g/mol. The summed E-state index contributed by atoms with van der Waals surface area (Å²) in [6, 6.07) is 15.4. The average Bonchev–Trinajstić information content (AvgIpc) is 2.90. The lowest BCUT2D eigenvalue weighted by molar-refractivity contribution is 0.286. The Kier molecular flexibility index (Phi) is 8.69. The second-order valence-electron chi connectivity index (χ2n) is 9.36. The largest absolute Gasteiger partial charge is 0.490 e. The van der Waals surface area contributed by atoms with Crippen LogP contribution >= 0.6 is 0 Å². The van der Waals surface area contributed by atoms with Crippen molar-refractivity contribution in [2.24, 2.45) is 5.92 Å². The van der Waals surface area contributed by atoms with E-state index in [1.807, 2.05) is 19.1 Å². The Morgan fingerprint density at radius 2 is 1.58 bits per heavy atom. The molecule has 0 fully saturated rings. The maximum Gasteiger partial charge on any atom is 0.201 e. The Labute approximate surface area is 212 Å². The Morgan fingerprint density at radius 1 is 0.861 bits per heavy atom. The van der Waals surface area contributed by atoms with Crippen LogP contribution in [0.4, 0.5) is 13.2 Å². The molecule has 0 aliphatic heterocycles. The molecule has 0 saturated carbocycles. The molecule has 1 atom stereocenters. The van der Waals surface area contributed by atoms with E-state index in [4.69, 9.17) is 4.74 Å². The van der Waals surface area contributed by atoms with E-state index in [2.05, 4.69) is 25.2 Å². The lowest BCUT2D eigenvalue weighted by atomic mass is 9.86. The van der Waals surface area contributed by atoms with Crippen LogP contribution in [0.3, 0.4) is 0 Å². The first-order chi connectivity index (χ1) is 17.5. The van der Waals surface area contributed by atoms with Crippen molar-refractivity contribution in [2.45, 2.75) is 52.4 Å². The van der Waals surface area contributed by atoms with Gasteiger partial charge in [0.1, 0.15) is 5.82 Å². The lowest BCUT2D eigenvalue weighted by Crippen LogP contribution is -2.03. The number of hydrogen-bond acceptors (Lipinski definition) is 1. The Morgan fingerprint density at radius 3 is 2.25 bits per heavy atom. The first-order valence-corrected chi connectivity index (χ1v) is 12.8. The molecule has 36 heavy (non-hydrogen) atoms. The van der Waals surface area contributed by atoms with Gasteiger partial charge in [-0.05, 0) is 79.0 Å². The molecule has 188 valence electrons. The molecule has 3 aromatic carbocycles. The van der Waals surface area contributed by atoms with Gasteiger partial charge in [-0.1, -0.05) is 74.4 Å². The van der Waals surface area contributed by atoms with Gasteiger partial charge in [-0.15, -0.1) is 0 Å². The van der Waals surface area contributed by atoms with E-state index in [0.29, 0.717) is 23.7 Å². The molecule has 0 aromatic heterocycles. The maximum atomic E-state index is 15.0. The zero-order chi connectivity index (χ0) is 25.5. The Bertz CT molecular complexity index is 1240. The van der Waals surface area contributed by atoms with E-state index < -0.39 is 11.6 Å². The molecule has 1 unspecified atom stereocenters. The van der Waals surface area contributed by atoms with Gasteiger partial charge in [0, 0.05) is 11.1 Å².